The van der Waals surface area contributed by atoms with Gasteiger partial charge in [0.1, 0.15) is 0 Å². The molecule has 1 unspecified atom stereocenters. The van der Waals surface area contributed by atoms with Crippen LogP contribution in [0.3, 0.4) is 0 Å². The fourth-order valence-electron chi connectivity index (χ4n) is 2.65. The van der Waals surface area contributed by atoms with Crippen LogP contribution in [0, 0.1) is 5.92 Å². The monoisotopic (exact) mass is 291 g/mol. The highest BCUT2D eigenvalue weighted by atomic mass is 32.2. The number of aromatic nitrogens is 1. The third-order valence-corrected chi connectivity index (χ3v) is 5.73. The van der Waals surface area contributed by atoms with E-state index in [4.69, 9.17) is 5.73 Å². The van der Waals surface area contributed by atoms with Crippen LogP contribution in [0.4, 0.5) is 0 Å². The van der Waals surface area contributed by atoms with E-state index in [1.165, 1.54) is 4.31 Å². The quantitative estimate of drug-likeness (QED) is 0.922. The second-order valence-electron chi connectivity index (χ2n) is 5.08. The Kier molecular flexibility index (Phi) is 3.45. The molecule has 0 aliphatic carbocycles. The third kappa shape index (κ3) is 2.19. The van der Waals surface area contributed by atoms with E-state index in [0.717, 1.165) is 6.42 Å². The van der Waals surface area contributed by atoms with E-state index >= 15 is 0 Å². The Labute approximate surface area is 118 Å². The SMILES string of the molecule is NCC1CCN(S(=O)(=O)c2cccc3ncccc23)C1. The minimum Gasteiger partial charge on any atom is -0.330 e. The van der Waals surface area contributed by atoms with Gasteiger partial charge in [0.2, 0.25) is 10.0 Å². The molecule has 1 aromatic carbocycles. The van der Waals surface area contributed by atoms with E-state index in [9.17, 15) is 8.42 Å². The predicted molar refractivity (Wildman–Crippen MR) is 77.7 cm³/mol. The van der Waals surface area contributed by atoms with Gasteiger partial charge in [0, 0.05) is 24.7 Å². The number of nitrogens with zero attached hydrogens (tertiary/aromatic N) is 2. The second-order valence-corrected chi connectivity index (χ2v) is 6.99. The first-order valence-electron chi connectivity index (χ1n) is 6.67. The third-order valence-electron chi connectivity index (χ3n) is 3.81. The van der Waals surface area contributed by atoms with E-state index in [1.54, 1.807) is 30.5 Å². The summed E-state index contributed by atoms with van der Waals surface area (Å²) in [5.41, 5.74) is 6.33. The van der Waals surface area contributed by atoms with Crippen molar-refractivity contribution in [2.75, 3.05) is 19.6 Å². The van der Waals surface area contributed by atoms with Crippen LogP contribution in [0.15, 0.2) is 41.4 Å². The van der Waals surface area contributed by atoms with Crippen molar-refractivity contribution in [3.8, 4) is 0 Å². The maximum absolute atomic E-state index is 12.8. The minimum absolute atomic E-state index is 0.262. The second kappa shape index (κ2) is 5.12. The maximum atomic E-state index is 12.8. The number of fused-ring (bicyclic) bond motifs is 1. The summed E-state index contributed by atoms with van der Waals surface area (Å²) in [7, 11) is -3.47. The standard InChI is InChI=1S/C14H17N3O2S/c15-9-11-6-8-17(10-11)20(18,19)14-5-1-4-13-12(14)3-2-7-16-13/h1-5,7,11H,6,8-10,15H2. The number of pyridine rings is 1. The molecule has 20 heavy (non-hydrogen) atoms. The van der Waals surface area contributed by atoms with E-state index in [-0.39, 0.29) is 5.92 Å². The molecule has 0 amide bonds. The van der Waals surface area contributed by atoms with Crippen LogP contribution in [-0.4, -0.2) is 37.3 Å². The molecule has 1 fully saturated rings. The molecule has 1 atom stereocenters. The van der Waals surface area contributed by atoms with Crippen molar-refractivity contribution in [1.82, 2.24) is 9.29 Å². The molecule has 1 aliphatic heterocycles. The van der Waals surface area contributed by atoms with Crippen molar-refractivity contribution < 1.29 is 8.42 Å². The molecule has 0 saturated carbocycles. The lowest BCUT2D eigenvalue weighted by Gasteiger charge is -2.17. The van der Waals surface area contributed by atoms with Crippen LogP contribution in [0.2, 0.25) is 0 Å². The molecule has 6 heteroatoms. The molecular formula is C14H17N3O2S. The van der Waals surface area contributed by atoms with E-state index in [0.29, 0.717) is 35.4 Å². The van der Waals surface area contributed by atoms with Gasteiger partial charge in [0.05, 0.1) is 10.4 Å². The summed E-state index contributed by atoms with van der Waals surface area (Å²) in [6, 6.07) is 8.76. The molecule has 1 saturated heterocycles. The van der Waals surface area contributed by atoms with Crippen LogP contribution in [0.5, 0.6) is 0 Å². The molecule has 2 heterocycles. The Hall–Kier alpha value is -1.50. The zero-order valence-electron chi connectivity index (χ0n) is 11.1. The number of rotatable bonds is 3. The molecule has 2 aromatic rings. The molecule has 0 bridgehead atoms. The summed E-state index contributed by atoms with van der Waals surface area (Å²) in [5, 5.41) is 0.672. The first-order chi connectivity index (χ1) is 9.63. The smallest absolute Gasteiger partial charge is 0.243 e. The van der Waals surface area contributed by atoms with Crippen LogP contribution in [0.1, 0.15) is 6.42 Å². The van der Waals surface area contributed by atoms with Crippen LogP contribution in [0.25, 0.3) is 10.9 Å². The molecule has 3 rings (SSSR count). The molecule has 106 valence electrons. The average Bonchev–Trinajstić information content (AvgIpc) is 2.96. The van der Waals surface area contributed by atoms with E-state index < -0.39 is 10.0 Å². The number of hydrogen-bond donors (Lipinski definition) is 1. The summed E-state index contributed by atoms with van der Waals surface area (Å²) in [4.78, 5) is 4.54. The molecule has 0 spiro atoms. The Morgan fingerprint density at radius 2 is 2.15 bits per heavy atom. The zero-order valence-corrected chi connectivity index (χ0v) is 11.9. The highest BCUT2D eigenvalue weighted by Gasteiger charge is 2.32. The lowest BCUT2D eigenvalue weighted by Crippen LogP contribution is -2.30. The fraction of sp³-hybridized carbons (Fsp3) is 0.357. The summed E-state index contributed by atoms with van der Waals surface area (Å²) >= 11 is 0. The van der Waals surface area contributed by atoms with E-state index in [2.05, 4.69) is 4.98 Å². The summed E-state index contributed by atoms with van der Waals surface area (Å²) in [5.74, 6) is 0.262. The van der Waals surface area contributed by atoms with Gasteiger partial charge in [-0.15, -0.1) is 0 Å². The molecule has 1 aromatic heterocycles. The van der Waals surface area contributed by atoms with Crippen molar-refractivity contribution in [1.29, 1.82) is 0 Å². The summed E-state index contributed by atoms with van der Waals surface area (Å²) < 4.78 is 27.1. The van der Waals surface area contributed by atoms with Crippen molar-refractivity contribution in [3.63, 3.8) is 0 Å². The van der Waals surface area contributed by atoms with Gasteiger partial charge in [-0.1, -0.05) is 6.07 Å². The highest BCUT2D eigenvalue weighted by molar-refractivity contribution is 7.89. The molecule has 0 radical (unpaired) electrons. The Balaban J connectivity index is 2.06. The van der Waals surface area contributed by atoms with Gasteiger partial charge in [-0.3, -0.25) is 4.98 Å². The number of hydrogen-bond acceptors (Lipinski definition) is 4. The first kappa shape index (κ1) is 13.5. The van der Waals surface area contributed by atoms with Crippen LogP contribution < -0.4 is 5.73 Å². The Morgan fingerprint density at radius 3 is 2.90 bits per heavy atom. The van der Waals surface area contributed by atoms with Crippen LogP contribution >= 0.6 is 0 Å². The van der Waals surface area contributed by atoms with Gasteiger partial charge < -0.3 is 5.73 Å². The van der Waals surface area contributed by atoms with Crippen molar-refractivity contribution in [2.24, 2.45) is 11.7 Å². The minimum atomic E-state index is -3.47. The van der Waals surface area contributed by atoms with Crippen molar-refractivity contribution in [3.05, 3.63) is 36.5 Å². The summed E-state index contributed by atoms with van der Waals surface area (Å²) in [6.45, 7) is 1.58. The van der Waals surface area contributed by atoms with Gasteiger partial charge in [0.15, 0.2) is 0 Å². The highest BCUT2D eigenvalue weighted by Crippen LogP contribution is 2.28. The molecule has 2 N–H and O–H groups in total. The van der Waals surface area contributed by atoms with Crippen LogP contribution in [-0.2, 0) is 10.0 Å². The number of nitrogens with two attached hydrogens (primary N) is 1. The van der Waals surface area contributed by atoms with E-state index in [1.807, 2.05) is 6.07 Å². The van der Waals surface area contributed by atoms with Gasteiger partial charge in [0.25, 0.3) is 0 Å². The lowest BCUT2D eigenvalue weighted by molar-refractivity contribution is 0.459. The zero-order chi connectivity index (χ0) is 14.2. The fourth-order valence-corrected chi connectivity index (χ4v) is 4.38. The largest absolute Gasteiger partial charge is 0.330 e. The topological polar surface area (TPSA) is 76.3 Å². The first-order valence-corrected chi connectivity index (χ1v) is 8.11. The van der Waals surface area contributed by atoms with Crippen molar-refractivity contribution in [2.45, 2.75) is 11.3 Å². The normalized spacial score (nSPS) is 20.6. The van der Waals surface area contributed by atoms with Gasteiger partial charge >= 0.3 is 0 Å². The maximum Gasteiger partial charge on any atom is 0.243 e. The summed E-state index contributed by atoms with van der Waals surface area (Å²) in [6.07, 6.45) is 2.50. The Bertz CT molecular complexity index is 725. The molecule has 1 aliphatic rings. The lowest BCUT2D eigenvalue weighted by atomic mass is 10.1. The van der Waals surface area contributed by atoms with Crippen molar-refractivity contribution >= 4 is 20.9 Å². The van der Waals surface area contributed by atoms with Gasteiger partial charge in [-0.05, 0) is 43.1 Å². The molecular weight excluding hydrogens is 274 g/mol. The van der Waals surface area contributed by atoms with Gasteiger partial charge in [-0.25, -0.2) is 8.42 Å². The predicted octanol–water partition coefficient (Wildman–Crippen LogP) is 1.20. The Morgan fingerprint density at radius 1 is 1.30 bits per heavy atom. The molecule has 5 nitrogen and oxygen atoms in total. The van der Waals surface area contributed by atoms with Gasteiger partial charge in [-0.2, -0.15) is 4.31 Å². The number of benzene rings is 1. The number of sulfonamides is 1. The average molecular weight is 291 g/mol.